The average Bonchev–Trinajstić information content (AvgIpc) is 3.00. The Morgan fingerprint density at radius 2 is 1.02 bits per heavy atom. The van der Waals surface area contributed by atoms with Crippen molar-refractivity contribution in [2.75, 3.05) is 13.2 Å². The summed E-state index contributed by atoms with van der Waals surface area (Å²) in [5.74, 6) is 0.148. The third-order valence-corrected chi connectivity index (χ3v) is 8.13. The summed E-state index contributed by atoms with van der Waals surface area (Å²) in [7, 11) is 0. The Balaban J connectivity index is 3.57. The molecule has 260 valence electrons. The van der Waals surface area contributed by atoms with Crippen LogP contribution in [0.1, 0.15) is 175 Å². The zero-order valence-corrected chi connectivity index (χ0v) is 28.8. The van der Waals surface area contributed by atoms with Crippen molar-refractivity contribution in [1.82, 2.24) is 0 Å². The van der Waals surface area contributed by atoms with E-state index in [2.05, 4.69) is 26.8 Å². The lowest BCUT2D eigenvalue weighted by Crippen LogP contribution is -2.25. The highest BCUT2D eigenvalue weighted by molar-refractivity contribution is 5.69. The Morgan fingerprint density at radius 3 is 1.50 bits per heavy atom. The van der Waals surface area contributed by atoms with Gasteiger partial charge in [-0.15, -0.1) is 0 Å². The zero-order chi connectivity index (χ0) is 32.7. The van der Waals surface area contributed by atoms with E-state index in [0.29, 0.717) is 25.7 Å². The van der Waals surface area contributed by atoms with Gasteiger partial charge < -0.3 is 24.8 Å². The van der Waals surface area contributed by atoms with Gasteiger partial charge in [0.2, 0.25) is 0 Å². The molecule has 7 nitrogen and oxygen atoms in total. The lowest BCUT2D eigenvalue weighted by molar-refractivity contribution is -0.152. The predicted molar refractivity (Wildman–Crippen MR) is 180 cm³/mol. The second-order valence-corrected chi connectivity index (χ2v) is 13.1. The van der Waals surface area contributed by atoms with Crippen LogP contribution in [0, 0.1) is 5.92 Å². The number of carbonyl (C=O) groups excluding carboxylic acids is 2. The molecule has 0 rings (SSSR count). The van der Waals surface area contributed by atoms with Crippen LogP contribution in [-0.4, -0.2) is 58.8 Å². The highest BCUT2D eigenvalue weighted by atomic mass is 16.6. The van der Waals surface area contributed by atoms with Gasteiger partial charge in [-0.1, -0.05) is 136 Å². The van der Waals surface area contributed by atoms with Gasteiger partial charge in [-0.2, -0.15) is 0 Å². The van der Waals surface area contributed by atoms with Crippen LogP contribution in [0.15, 0.2) is 12.2 Å². The van der Waals surface area contributed by atoms with Gasteiger partial charge in [0.1, 0.15) is 19.3 Å². The van der Waals surface area contributed by atoms with E-state index in [1.807, 2.05) is 6.08 Å². The summed E-state index contributed by atoms with van der Waals surface area (Å²) in [6.07, 6.45) is 25.8. The Hall–Kier alpha value is -1.44. The molecule has 0 unspecified atom stereocenters. The number of carbonyl (C=O) groups is 2. The predicted octanol–water partition coefficient (Wildman–Crippen LogP) is 8.75. The fraction of sp³-hybridized carbons (Fsp3) is 0.892. The lowest BCUT2D eigenvalue weighted by Gasteiger charge is -2.16. The molecule has 0 aliphatic heterocycles. The Bertz CT molecular complexity index is 679. The number of unbranched alkanes of at least 4 members (excludes halogenated alkanes) is 16. The van der Waals surface area contributed by atoms with E-state index >= 15 is 0 Å². The Labute approximate surface area is 270 Å². The molecule has 0 saturated carbocycles. The first-order valence-corrected chi connectivity index (χ1v) is 18.3. The van der Waals surface area contributed by atoms with Gasteiger partial charge in [0.05, 0.1) is 12.2 Å². The molecule has 0 heterocycles. The van der Waals surface area contributed by atoms with Crippen LogP contribution in [0.2, 0.25) is 0 Å². The van der Waals surface area contributed by atoms with Crippen LogP contribution in [0.4, 0.5) is 0 Å². The van der Waals surface area contributed by atoms with Crippen LogP contribution in [0.3, 0.4) is 0 Å². The highest BCUT2D eigenvalue weighted by Crippen LogP contribution is 2.15. The number of aliphatic hydroxyl groups excluding tert-OH is 3. The molecule has 0 spiro atoms. The smallest absolute Gasteiger partial charge is 0.305 e. The molecule has 0 aliphatic rings. The molecular weight excluding hydrogens is 556 g/mol. The summed E-state index contributed by atoms with van der Waals surface area (Å²) in [6, 6.07) is 0. The normalized spacial score (nSPS) is 13.8. The zero-order valence-electron chi connectivity index (χ0n) is 28.8. The van der Waals surface area contributed by atoms with Gasteiger partial charge in [0, 0.05) is 12.8 Å². The van der Waals surface area contributed by atoms with E-state index in [4.69, 9.17) is 9.47 Å². The van der Waals surface area contributed by atoms with Crippen LogP contribution >= 0.6 is 0 Å². The topological polar surface area (TPSA) is 113 Å². The van der Waals surface area contributed by atoms with Crippen LogP contribution in [-0.2, 0) is 19.1 Å². The van der Waals surface area contributed by atoms with Crippen molar-refractivity contribution in [3.05, 3.63) is 12.2 Å². The van der Waals surface area contributed by atoms with Gasteiger partial charge in [-0.05, 0) is 44.4 Å². The van der Waals surface area contributed by atoms with E-state index in [1.54, 1.807) is 0 Å². The Kier molecular flexibility index (Phi) is 30.5. The van der Waals surface area contributed by atoms with Crippen molar-refractivity contribution in [2.24, 2.45) is 5.92 Å². The third kappa shape index (κ3) is 30.6. The SMILES string of the molecule is CCCCC/C=C\C[C@@H](O)[C@H](O)CCCCCCCC(=O)OC[C@H](O)COC(=O)CCCCCCCCCCCCC(C)C. The average molecular weight is 627 g/mol. The molecule has 0 aromatic heterocycles. The molecule has 0 aromatic rings. The molecule has 0 fully saturated rings. The monoisotopic (exact) mass is 627 g/mol. The molecule has 0 aliphatic carbocycles. The minimum absolute atomic E-state index is 0.154. The van der Waals surface area contributed by atoms with Gasteiger partial charge >= 0.3 is 11.9 Å². The van der Waals surface area contributed by atoms with E-state index < -0.39 is 18.3 Å². The highest BCUT2D eigenvalue weighted by Gasteiger charge is 2.14. The van der Waals surface area contributed by atoms with Gasteiger partial charge in [-0.3, -0.25) is 9.59 Å². The standard InChI is InChI=1S/C37H70O7/c1-4-5-6-7-16-21-26-34(39)35(40)27-22-17-14-19-24-29-37(42)44-31-33(38)30-43-36(41)28-23-18-13-11-9-8-10-12-15-20-25-32(2)3/h16,21,32-35,38-40H,4-15,17-20,22-31H2,1-3H3/b21-16-/t33-,34-,35-/m1/s1. The molecule has 44 heavy (non-hydrogen) atoms. The third-order valence-electron chi connectivity index (χ3n) is 8.13. The van der Waals surface area contributed by atoms with E-state index in [-0.39, 0.29) is 31.6 Å². The summed E-state index contributed by atoms with van der Waals surface area (Å²) in [5, 5.41) is 30.2. The van der Waals surface area contributed by atoms with Crippen molar-refractivity contribution in [3.8, 4) is 0 Å². The quantitative estimate of drug-likeness (QED) is 0.0389. The molecular formula is C37H70O7. The first-order valence-electron chi connectivity index (χ1n) is 18.3. The lowest BCUT2D eigenvalue weighted by atomic mass is 10.0. The number of allylic oxidation sites excluding steroid dienone is 1. The number of rotatable bonds is 32. The van der Waals surface area contributed by atoms with Crippen molar-refractivity contribution >= 4 is 11.9 Å². The van der Waals surface area contributed by atoms with Crippen molar-refractivity contribution in [2.45, 2.75) is 193 Å². The van der Waals surface area contributed by atoms with E-state index in [0.717, 1.165) is 57.3 Å². The van der Waals surface area contributed by atoms with E-state index in [1.165, 1.54) is 70.6 Å². The Morgan fingerprint density at radius 1 is 0.568 bits per heavy atom. The fourth-order valence-electron chi connectivity index (χ4n) is 5.18. The van der Waals surface area contributed by atoms with E-state index in [9.17, 15) is 24.9 Å². The van der Waals surface area contributed by atoms with Crippen LogP contribution in [0.25, 0.3) is 0 Å². The molecule has 3 N–H and O–H groups in total. The first-order chi connectivity index (χ1) is 21.3. The summed E-state index contributed by atoms with van der Waals surface area (Å²) < 4.78 is 10.2. The second kappa shape index (κ2) is 31.5. The number of ether oxygens (including phenoxy) is 2. The second-order valence-electron chi connectivity index (χ2n) is 13.1. The fourth-order valence-corrected chi connectivity index (χ4v) is 5.18. The maximum atomic E-state index is 11.9. The first kappa shape index (κ1) is 42.6. The molecule has 0 radical (unpaired) electrons. The molecule has 0 saturated heterocycles. The largest absolute Gasteiger partial charge is 0.463 e. The summed E-state index contributed by atoms with van der Waals surface area (Å²) in [6.45, 7) is 6.43. The van der Waals surface area contributed by atoms with Crippen LogP contribution < -0.4 is 0 Å². The molecule has 7 heteroatoms. The molecule has 3 atom stereocenters. The number of aliphatic hydroxyl groups is 3. The maximum absolute atomic E-state index is 11.9. The summed E-state index contributed by atoms with van der Waals surface area (Å²) in [5.41, 5.74) is 0. The summed E-state index contributed by atoms with van der Waals surface area (Å²) >= 11 is 0. The van der Waals surface area contributed by atoms with Gasteiger partial charge in [-0.25, -0.2) is 0 Å². The van der Waals surface area contributed by atoms with Crippen molar-refractivity contribution in [1.29, 1.82) is 0 Å². The minimum atomic E-state index is -1.01. The van der Waals surface area contributed by atoms with Crippen molar-refractivity contribution < 1.29 is 34.4 Å². The molecule has 0 amide bonds. The van der Waals surface area contributed by atoms with Gasteiger partial charge in [0.15, 0.2) is 0 Å². The minimum Gasteiger partial charge on any atom is -0.463 e. The summed E-state index contributed by atoms with van der Waals surface area (Å²) in [4.78, 5) is 23.9. The van der Waals surface area contributed by atoms with Crippen LogP contribution in [0.5, 0.6) is 0 Å². The maximum Gasteiger partial charge on any atom is 0.305 e. The molecule has 0 bridgehead atoms. The van der Waals surface area contributed by atoms with Crippen molar-refractivity contribution in [3.63, 3.8) is 0 Å². The molecule has 0 aromatic carbocycles. The van der Waals surface area contributed by atoms with Gasteiger partial charge in [0.25, 0.3) is 0 Å². The number of esters is 2. The number of hydrogen-bond donors (Lipinski definition) is 3. The number of hydrogen-bond acceptors (Lipinski definition) is 7.